The van der Waals surface area contributed by atoms with Crippen LogP contribution in [0, 0.1) is 0 Å². The monoisotopic (exact) mass is 329 g/mol. The molecule has 0 spiro atoms. The van der Waals surface area contributed by atoms with Crippen LogP contribution in [-0.4, -0.2) is 26.1 Å². The van der Waals surface area contributed by atoms with E-state index < -0.39 is 0 Å². The molecule has 0 saturated carbocycles. The zero-order chi connectivity index (χ0) is 15.2. The summed E-state index contributed by atoms with van der Waals surface area (Å²) in [5.41, 5.74) is 2.14. The third-order valence-corrected chi connectivity index (χ3v) is 4.08. The summed E-state index contributed by atoms with van der Waals surface area (Å²) in [6.07, 6.45) is 6.78. The fraction of sp³-hybridized carbons (Fsp3) is 0.0667. The van der Waals surface area contributed by atoms with Crippen LogP contribution in [0.3, 0.4) is 0 Å². The van der Waals surface area contributed by atoms with Crippen molar-refractivity contribution in [2.75, 3.05) is 0 Å². The Morgan fingerprint density at radius 3 is 2.68 bits per heavy atom. The molecule has 0 saturated heterocycles. The van der Waals surface area contributed by atoms with E-state index in [0.29, 0.717) is 0 Å². The number of pyridine rings is 1. The Morgan fingerprint density at radius 2 is 1.91 bits per heavy atom. The first-order valence-corrected chi connectivity index (χ1v) is 7.89. The normalized spacial score (nSPS) is 11.1. The molecule has 0 fully saturated rings. The van der Waals surface area contributed by atoms with Gasteiger partial charge in [-0.05, 0) is 35.4 Å². The molecule has 0 bridgehead atoms. The first-order chi connectivity index (χ1) is 10.8. The van der Waals surface area contributed by atoms with Crippen molar-refractivity contribution < 1.29 is 0 Å². The van der Waals surface area contributed by atoms with E-state index in [-0.39, 0.29) is 0 Å². The first kappa shape index (κ1) is 14.7. The zero-order valence-corrected chi connectivity index (χ0v) is 13.1. The molecule has 7 heteroatoms. The summed E-state index contributed by atoms with van der Waals surface area (Å²) >= 11 is 7.45. The van der Waals surface area contributed by atoms with E-state index in [9.17, 15) is 0 Å². The van der Waals surface area contributed by atoms with E-state index in [1.807, 2.05) is 36.4 Å². The number of rotatable bonds is 5. The van der Waals surface area contributed by atoms with Gasteiger partial charge in [0.1, 0.15) is 6.33 Å². The summed E-state index contributed by atoms with van der Waals surface area (Å²) in [4.78, 5) is 3.97. The number of hydrogen-bond acceptors (Lipinski definition) is 5. The second-order valence-corrected chi connectivity index (χ2v) is 5.78. The fourth-order valence-electron chi connectivity index (χ4n) is 1.70. The van der Waals surface area contributed by atoms with Crippen molar-refractivity contribution >= 4 is 29.6 Å². The summed E-state index contributed by atoms with van der Waals surface area (Å²) < 4.78 is 1.65. The minimum Gasteiger partial charge on any atom is -0.265 e. The molecule has 110 valence electrons. The van der Waals surface area contributed by atoms with E-state index in [1.54, 1.807) is 41.4 Å². The van der Waals surface area contributed by atoms with Gasteiger partial charge >= 0.3 is 0 Å². The number of thioether (sulfide) groups is 1. The molecular weight excluding hydrogens is 318 g/mol. The number of nitrogens with zero attached hydrogens (tertiary/aromatic N) is 5. The van der Waals surface area contributed by atoms with Crippen molar-refractivity contribution in [3.63, 3.8) is 0 Å². The van der Waals surface area contributed by atoms with E-state index in [2.05, 4.69) is 20.3 Å². The van der Waals surface area contributed by atoms with Crippen LogP contribution in [0.4, 0.5) is 0 Å². The molecule has 2 heterocycles. The number of hydrogen-bond donors (Lipinski definition) is 0. The Bertz CT molecular complexity index is 755. The molecule has 2 aromatic heterocycles. The van der Waals surface area contributed by atoms with E-state index >= 15 is 0 Å². The maximum absolute atomic E-state index is 5.88. The van der Waals surface area contributed by atoms with Gasteiger partial charge in [0.25, 0.3) is 0 Å². The van der Waals surface area contributed by atoms with Crippen LogP contribution < -0.4 is 0 Å². The van der Waals surface area contributed by atoms with Crippen LogP contribution in [0.2, 0.25) is 5.02 Å². The molecule has 3 rings (SSSR count). The van der Waals surface area contributed by atoms with Crippen molar-refractivity contribution in [2.24, 2.45) is 5.10 Å². The quantitative estimate of drug-likeness (QED) is 0.531. The Balaban J connectivity index is 1.67. The second-order valence-electron chi connectivity index (χ2n) is 4.40. The SMILES string of the molecule is Clc1ccc(CSc2nncn2/N=C\c2ccncc2)cc1. The predicted octanol–water partition coefficient (Wildman–Crippen LogP) is 3.50. The van der Waals surface area contributed by atoms with Crippen molar-refractivity contribution in [3.05, 3.63) is 71.3 Å². The van der Waals surface area contributed by atoms with Crippen molar-refractivity contribution in [2.45, 2.75) is 10.9 Å². The summed E-state index contributed by atoms with van der Waals surface area (Å²) in [5, 5.41) is 13.8. The maximum atomic E-state index is 5.88. The second kappa shape index (κ2) is 7.20. The average Bonchev–Trinajstić information content (AvgIpc) is 3.01. The van der Waals surface area contributed by atoms with Crippen molar-refractivity contribution in [1.29, 1.82) is 0 Å². The molecular formula is C15H12ClN5S. The third kappa shape index (κ3) is 3.93. The van der Waals surface area contributed by atoms with E-state index in [4.69, 9.17) is 11.6 Å². The van der Waals surface area contributed by atoms with Gasteiger partial charge in [-0.25, -0.2) is 0 Å². The minimum absolute atomic E-state index is 0.735. The van der Waals surface area contributed by atoms with Crippen LogP contribution in [0.25, 0.3) is 0 Å². The topological polar surface area (TPSA) is 56.0 Å². The lowest BCUT2D eigenvalue weighted by Crippen LogP contribution is -1.92. The van der Waals surface area contributed by atoms with Gasteiger partial charge in [0.15, 0.2) is 0 Å². The summed E-state index contributed by atoms with van der Waals surface area (Å²) in [5.74, 6) is 0.778. The zero-order valence-electron chi connectivity index (χ0n) is 11.5. The molecule has 0 N–H and O–H groups in total. The molecule has 3 aromatic rings. The number of aromatic nitrogens is 4. The Kier molecular flexibility index (Phi) is 4.82. The van der Waals surface area contributed by atoms with Gasteiger partial charge < -0.3 is 0 Å². The van der Waals surface area contributed by atoms with Crippen LogP contribution in [0.15, 0.2) is 65.4 Å². The highest BCUT2D eigenvalue weighted by Crippen LogP contribution is 2.21. The summed E-state index contributed by atoms with van der Waals surface area (Å²) in [6, 6.07) is 11.5. The Hall–Kier alpha value is -2.18. The molecule has 1 aromatic carbocycles. The third-order valence-electron chi connectivity index (χ3n) is 2.82. The van der Waals surface area contributed by atoms with Crippen LogP contribution >= 0.6 is 23.4 Å². The van der Waals surface area contributed by atoms with Gasteiger partial charge in [-0.1, -0.05) is 35.5 Å². The predicted molar refractivity (Wildman–Crippen MR) is 88.3 cm³/mol. The van der Waals surface area contributed by atoms with Gasteiger partial charge in [0.2, 0.25) is 5.16 Å². The molecule has 0 aliphatic heterocycles. The van der Waals surface area contributed by atoms with Crippen LogP contribution in [-0.2, 0) is 5.75 Å². The smallest absolute Gasteiger partial charge is 0.212 e. The lowest BCUT2D eigenvalue weighted by molar-refractivity contribution is 0.767. The molecule has 0 amide bonds. The largest absolute Gasteiger partial charge is 0.265 e. The highest BCUT2D eigenvalue weighted by atomic mass is 35.5. The lowest BCUT2D eigenvalue weighted by atomic mass is 10.2. The number of benzene rings is 1. The highest BCUT2D eigenvalue weighted by Gasteiger charge is 2.04. The molecule has 0 aliphatic carbocycles. The molecule has 0 unspecified atom stereocenters. The van der Waals surface area contributed by atoms with Gasteiger partial charge in [0.05, 0.1) is 6.21 Å². The molecule has 5 nitrogen and oxygen atoms in total. The van der Waals surface area contributed by atoms with E-state index in [1.165, 1.54) is 5.56 Å². The van der Waals surface area contributed by atoms with Gasteiger partial charge in [-0.15, -0.1) is 10.2 Å². The average molecular weight is 330 g/mol. The number of halogens is 1. The standard InChI is InChI=1S/C15H12ClN5S/c16-14-3-1-13(2-4-14)10-22-15-20-18-11-21(15)19-9-12-5-7-17-8-6-12/h1-9,11H,10H2/b19-9-. The highest BCUT2D eigenvalue weighted by molar-refractivity contribution is 7.98. The molecule has 0 atom stereocenters. The summed E-state index contributed by atoms with van der Waals surface area (Å²) in [6.45, 7) is 0. The van der Waals surface area contributed by atoms with Gasteiger partial charge in [-0.2, -0.15) is 9.78 Å². The maximum Gasteiger partial charge on any atom is 0.212 e. The molecule has 22 heavy (non-hydrogen) atoms. The van der Waals surface area contributed by atoms with Crippen molar-refractivity contribution in [3.8, 4) is 0 Å². The molecule has 0 aliphatic rings. The fourth-order valence-corrected chi connectivity index (χ4v) is 2.65. The minimum atomic E-state index is 0.735. The van der Waals surface area contributed by atoms with Crippen molar-refractivity contribution in [1.82, 2.24) is 19.9 Å². The summed E-state index contributed by atoms with van der Waals surface area (Å²) in [7, 11) is 0. The first-order valence-electron chi connectivity index (χ1n) is 6.53. The Morgan fingerprint density at radius 1 is 1.14 bits per heavy atom. The Labute approximate surface area is 137 Å². The van der Waals surface area contributed by atoms with Crippen LogP contribution in [0.1, 0.15) is 11.1 Å². The lowest BCUT2D eigenvalue weighted by Gasteiger charge is -2.01. The van der Waals surface area contributed by atoms with Gasteiger partial charge in [0, 0.05) is 23.2 Å². The van der Waals surface area contributed by atoms with Gasteiger partial charge in [-0.3, -0.25) is 4.98 Å². The van der Waals surface area contributed by atoms with Crippen LogP contribution in [0.5, 0.6) is 0 Å². The molecule has 0 radical (unpaired) electrons. The van der Waals surface area contributed by atoms with E-state index in [0.717, 1.165) is 21.5 Å².